The van der Waals surface area contributed by atoms with Gasteiger partial charge in [-0.1, -0.05) is 0 Å². The van der Waals surface area contributed by atoms with Crippen LogP contribution in [0.1, 0.15) is 42.6 Å². The number of rotatable bonds is 2. The summed E-state index contributed by atoms with van der Waals surface area (Å²) in [7, 11) is 0. The lowest BCUT2D eigenvalue weighted by Gasteiger charge is -2.30. The Morgan fingerprint density at radius 3 is 2.35 bits per heavy atom. The normalized spacial score (nSPS) is 24.1. The van der Waals surface area contributed by atoms with E-state index in [1.807, 2.05) is 13.0 Å². The van der Waals surface area contributed by atoms with Gasteiger partial charge in [0.15, 0.2) is 0 Å². The Morgan fingerprint density at radius 2 is 1.88 bits per heavy atom. The molecule has 0 radical (unpaired) electrons. The van der Waals surface area contributed by atoms with Gasteiger partial charge < -0.3 is 10.0 Å². The first-order valence-electron chi connectivity index (χ1n) is 6.13. The highest BCUT2D eigenvalue weighted by molar-refractivity contribution is 5.88. The quantitative estimate of drug-likeness (QED) is 0.853. The van der Waals surface area contributed by atoms with Crippen LogP contribution < -0.4 is 4.90 Å². The van der Waals surface area contributed by atoms with Crippen molar-refractivity contribution in [2.45, 2.75) is 45.7 Å². The van der Waals surface area contributed by atoms with Crippen LogP contribution >= 0.6 is 0 Å². The molecule has 1 aliphatic rings. The molecule has 3 heteroatoms. The monoisotopic (exact) mass is 233 g/mol. The van der Waals surface area contributed by atoms with Crippen molar-refractivity contribution >= 4 is 11.7 Å². The van der Waals surface area contributed by atoms with Crippen molar-refractivity contribution in [2.75, 3.05) is 4.90 Å². The maximum atomic E-state index is 10.9. The van der Waals surface area contributed by atoms with E-state index < -0.39 is 5.97 Å². The van der Waals surface area contributed by atoms with Crippen molar-refractivity contribution < 1.29 is 9.90 Å². The molecule has 0 saturated carbocycles. The summed E-state index contributed by atoms with van der Waals surface area (Å²) >= 11 is 0. The van der Waals surface area contributed by atoms with Gasteiger partial charge in [0, 0.05) is 17.8 Å². The summed E-state index contributed by atoms with van der Waals surface area (Å²) in [5.74, 6) is -0.859. The number of carboxylic acids is 1. The van der Waals surface area contributed by atoms with E-state index in [0.29, 0.717) is 17.6 Å². The van der Waals surface area contributed by atoms with Crippen molar-refractivity contribution in [3.63, 3.8) is 0 Å². The highest BCUT2D eigenvalue weighted by atomic mass is 16.4. The Hall–Kier alpha value is -1.51. The van der Waals surface area contributed by atoms with Gasteiger partial charge in [-0.25, -0.2) is 4.79 Å². The molecule has 2 atom stereocenters. The number of nitrogens with zero attached hydrogens (tertiary/aromatic N) is 1. The fourth-order valence-corrected chi connectivity index (χ4v) is 2.75. The molecule has 3 nitrogen and oxygen atoms in total. The molecule has 1 N–H and O–H groups in total. The molecule has 1 fully saturated rings. The molecule has 1 aromatic carbocycles. The van der Waals surface area contributed by atoms with Crippen molar-refractivity contribution in [1.29, 1.82) is 0 Å². The average Bonchev–Trinajstić information content (AvgIpc) is 2.59. The molecule has 2 rings (SSSR count). The maximum Gasteiger partial charge on any atom is 0.335 e. The smallest absolute Gasteiger partial charge is 0.335 e. The molecular formula is C14H19NO2. The van der Waals surface area contributed by atoms with Crippen LogP contribution in [-0.4, -0.2) is 23.2 Å². The summed E-state index contributed by atoms with van der Waals surface area (Å²) in [5, 5.41) is 8.96. The molecule has 0 bridgehead atoms. The van der Waals surface area contributed by atoms with Gasteiger partial charge >= 0.3 is 5.97 Å². The van der Waals surface area contributed by atoms with Gasteiger partial charge in [-0.15, -0.1) is 0 Å². The lowest BCUT2D eigenvalue weighted by molar-refractivity contribution is 0.0697. The standard InChI is InChI=1S/C14H19NO2/c1-9-8-12(14(16)17)6-7-13(9)15-10(2)4-5-11(15)3/h6-8,10-11H,4-5H2,1-3H3,(H,16,17). The van der Waals surface area contributed by atoms with Crippen LogP contribution in [0.15, 0.2) is 18.2 Å². The van der Waals surface area contributed by atoms with Crippen LogP contribution in [0.3, 0.4) is 0 Å². The van der Waals surface area contributed by atoms with E-state index in [1.54, 1.807) is 12.1 Å². The fourth-order valence-electron chi connectivity index (χ4n) is 2.75. The Balaban J connectivity index is 2.36. The van der Waals surface area contributed by atoms with Crippen LogP contribution in [0.4, 0.5) is 5.69 Å². The van der Waals surface area contributed by atoms with E-state index >= 15 is 0 Å². The second-order valence-corrected chi connectivity index (χ2v) is 4.99. The predicted molar refractivity (Wildman–Crippen MR) is 68.8 cm³/mol. The van der Waals surface area contributed by atoms with E-state index in [9.17, 15) is 4.79 Å². The summed E-state index contributed by atoms with van der Waals surface area (Å²) in [6.45, 7) is 6.45. The van der Waals surface area contributed by atoms with Gasteiger partial charge in [-0.05, 0) is 57.4 Å². The predicted octanol–water partition coefficient (Wildman–Crippen LogP) is 3.07. The first-order chi connectivity index (χ1) is 8.00. The molecule has 0 aromatic heterocycles. The van der Waals surface area contributed by atoms with Gasteiger partial charge in [-0.3, -0.25) is 0 Å². The Morgan fingerprint density at radius 1 is 1.29 bits per heavy atom. The zero-order chi connectivity index (χ0) is 12.6. The van der Waals surface area contributed by atoms with Gasteiger partial charge in [-0.2, -0.15) is 0 Å². The van der Waals surface area contributed by atoms with E-state index in [-0.39, 0.29) is 0 Å². The van der Waals surface area contributed by atoms with Crippen LogP contribution in [-0.2, 0) is 0 Å². The highest BCUT2D eigenvalue weighted by Gasteiger charge is 2.28. The summed E-state index contributed by atoms with van der Waals surface area (Å²) in [6, 6.07) is 6.48. The number of benzene rings is 1. The Kier molecular flexibility index (Phi) is 3.09. The van der Waals surface area contributed by atoms with Gasteiger partial charge in [0.2, 0.25) is 0 Å². The van der Waals surface area contributed by atoms with Crippen LogP contribution in [0.25, 0.3) is 0 Å². The largest absolute Gasteiger partial charge is 0.478 e. The lowest BCUT2D eigenvalue weighted by atomic mass is 10.1. The Bertz CT molecular complexity index is 432. The van der Waals surface area contributed by atoms with Crippen LogP contribution in [0, 0.1) is 6.92 Å². The summed E-state index contributed by atoms with van der Waals surface area (Å²) in [6.07, 6.45) is 2.42. The molecule has 17 heavy (non-hydrogen) atoms. The summed E-state index contributed by atoms with van der Waals surface area (Å²) < 4.78 is 0. The van der Waals surface area contributed by atoms with E-state index in [0.717, 1.165) is 5.56 Å². The molecule has 0 spiro atoms. The number of anilines is 1. The third-order valence-electron chi connectivity index (χ3n) is 3.67. The zero-order valence-electron chi connectivity index (χ0n) is 10.6. The molecule has 1 aliphatic heterocycles. The minimum Gasteiger partial charge on any atom is -0.478 e. The molecule has 1 heterocycles. The minimum absolute atomic E-state index is 0.366. The topological polar surface area (TPSA) is 40.5 Å². The molecule has 92 valence electrons. The van der Waals surface area contributed by atoms with Crippen molar-refractivity contribution in [3.8, 4) is 0 Å². The van der Waals surface area contributed by atoms with Crippen molar-refractivity contribution in [3.05, 3.63) is 29.3 Å². The molecule has 1 aromatic rings. The number of aryl methyl sites for hydroxylation is 1. The minimum atomic E-state index is -0.859. The summed E-state index contributed by atoms with van der Waals surface area (Å²) in [4.78, 5) is 13.3. The number of carbonyl (C=O) groups is 1. The number of hydrogen-bond acceptors (Lipinski definition) is 2. The molecule has 0 amide bonds. The second-order valence-electron chi connectivity index (χ2n) is 4.99. The van der Waals surface area contributed by atoms with E-state index in [1.165, 1.54) is 18.5 Å². The summed E-state index contributed by atoms with van der Waals surface area (Å²) in [5.41, 5.74) is 2.59. The van der Waals surface area contributed by atoms with E-state index in [2.05, 4.69) is 18.7 Å². The lowest BCUT2D eigenvalue weighted by Crippen LogP contribution is -2.33. The van der Waals surface area contributed by atoms with Crippen molar-refractivity contribution in [1.82, 2.24) is 0 Å². The third-order valence-corrected chi connectivity index (χ3v) is 3.67. The van der Waals surface area contributed by atoms with Crippen molar-refractivity contribution in [2.24, 2.45) is 0 Å². The number of hydrogen-bond donors (Lipinski definition) is 1. The molecular weight excluding hydrogens is 214 g/mol. The number of carboxylic acid groups (broad SMARTS) is 1. The number of aromatic carboxylic acids is 1. The van der Waals surface area contributed by atoms with Gasteiger partial charge in [0.05, 0.1) is 5.56 Å². The van der Waals surface area contributed by atoms with Crippen LogP contribution in [0.5, 0.6) is 0 Å². The highest BCUT2D eigenvalue weighted by Crippen LogP contribution is 2.32. The van der Waals surface area contributed by atoms with E-state index in [4.69, 9.17) is 5.11 Å². The van der Waals surface area contributed by atoms with Crippen LogP contribution in [0.2, 0.25) is 0 Å². The first kappa shape index (κ1) is 12.0. The molecule has 0 aliphatic carbocycles. The first-order valence-corrected chi connectivity index (χ1v) is 6.13. The third kappa shape index (κ3) is 2.14. The fraction of sp³-hybridized carbons (Fsp3) is 0.500. The zero-order valence-corrected chi connectivity index (χ0v) is 10.6. The van der Waals surface area contributed by atoms with Gasteiger partial charge in [0.25, 0.3) is 0 Å². The Labute approximate surface area is 102 Å². The average molecular weight is 233 g/mol. The molecule has 2 unspecified atom stereocenters. The second kappa shape index (κ2) is 4.40. The molecule has 1 saturated heterocycles. The SMILES string of the molecule is Cc1cc(C(=O)O)ccc1N1C(C)CCC1C. The van der Waals surface area contributed by atoms with Gasteiger partial charge in [0.1, 0.15) is 0 Å². The maximum absolute atomic E-state index is 10.9.